The van der Waals surface area contributed by atoms with Crippen molar-refractivity contribution in [3.8, 4) is 0 Å². The molecule has 2 nitrogen and oxygen atoms in total. The summed E-state index contributed by atoms with van der Waals surface area (Å²) in [6, 6.07) is 10.1. The average Bonchev–Trinajstić information content (AvgIpc) is 2.35. The number of hydrogen-bond donors (Lipinski definition) is 1. The SMILES string of the molecule is C=C(C/C(=N\C)c1ccccc1)/C(C)=C(/C)N. The van der Waals surface area contributed by atoms with Gasteiger partial charge in [-0.15, -0.1) is 0 Å². The Morgan fingerprint density at radius 2 is 1.82 bits per heavy atom. The van der Waals surface area contributed by atoms with E-state index in [9.17, 15) is 0 Å². The molecule has 0 spiro atoms. The van der Waals surface area contributed by atoms with Gasteiger partial charge in [0.1, 0.15) is 0 Å². The van der Waals surface area contributed by atoms with Crippen LogP contribution in [-0.4, -0.2) is 12.8 Å². The molecule has 0 fully saturated rings. The molecule has 17 heavy (non-hydrogen) atoms. The predicted molar refractivity (Wildman–Crippen MR) is 75.2 cm³/mol. The van der Waals surface area contributed by atoms with Gasteiger partial charge in [0.05, 0.1) is 0 Å². The van der Waals surface area contributed by atoms with Gasteiger partial charge < -0.3 is 5.73 Å². The summed E-state index contributed by atoms with van der Waals surface area (Å²) in [6.45, 7) is 7.96. The van der Waals surface area contributed by atoms with Crippen LogP contribution in [-0.2, 0) is 0 Å². The number of hydrogen-bond acceptors (Lipinski definition) is 2. The number of nitrogens with zero attached hydrogens (tertiary/aromatic N) is 1. The third-order valence-corrected chi connectivity index (χ3v) is 2.88. The molecule has 0 aliphatic carbocycles. The van der Waals surface area contributed by atoms with E-state index in [1.807, 2.05) is 39.1 Å². The molecule has 0 heterocycles. The Balaban J connectivity index is 2.88. The molecule has 2 N–H and O–H groups in total. The summed E-state index contributed by atoms with van der Waals surface area (Å²) < 4.78 is 0. The van der Waals surface area contributed by atoms with Crippen LogP contribution in [0.4, 0.5) is 0 Å². The Hall–Kier alpha value is -1.83. The zero-order valence-electron chi connectivity index (χ0n) is 10.8. The van der Waals surface area contributed by atoms with Gasteiger partial charge in [0.2, 0.25) is 0 Å². The maximum atomic E-state index is 5.77. The third-order valence-electron chi connectivity index (χ3n) is 2.88. The van der Waals surface area contributed by atoms with Gasteiger partial charge in [-0.1, -0.05) is 36.9 Å². The van der Waals surface area contributed by atoms with E-state index in [4.69, 9.17) is 5.73 Å². The van der Waals surface area contributed by atoms with Crippen LogP contribution < -0.4 is 5.73 Å². The van der Waals surface area contributed by atoms with E-state index >= 15 is 0 Å². The van der Waals surface area contributed by atoms with Crippen LogP contribution in [0.5, 0.6) is 0 Å². The molecule has 0 amide bonds. The molecule has 1 aromatic carbocycles. The molecule has 0 unspecified atom stereocenters. The lowest BCUT2D eigenvalue weighted by Gasteiger charge is -2.10. The first-order valence-electron chi connectivity index (χ1n) is 5.68. The van der Waals surface area contributed by atoms with Crippen LogP contribution in [0, 0.1) is 0 Å². The highest BCUT2D eigenvalue weighted by atomic mass is 14.7. The van der Waals surface area contributed by atoms with E-state index in [0.29, 0.717) is 0 Å². The zero-order chi connectivity index (χ0) is 12.8. The summed E-state index contributed by atoms with van der Waals surface area (Å²) in [5.74, 6) is 0. The zero-order valence-corrected chi connectivity index (χ0v) is 10.8. The maximum Gasteiger partial charge on any atom is 0.0460 e. The molecular weight excluding hydrogens is 208 g/mol. The van der Waals surface area contributed by atoms with E-state index < -0.39 is 0 Å². The Bertz CT molecular complexity index is 449. The van der Waals surface area contributed by atoms with Crippen molar-refractivity contribution < 1.29 is 0 Å². The number of nitrogens with two attached hydrogens (primary N) is 1. The minimum absolute atomic E-state index is 0.737. The standard InChI is InChI=1S/C15H20N2/c1-11(12(2)13(3)16)10-15(17-4)14-8-6-5-7-9-14/h5-9H,1,10,16H2,2-4H3/b13-12-,17-15+. The minimum atomic E-state index is 0.737. The highest BCUT2D eigenvalue weighted by Gasteiger charge is 2.06. The third kappa shape index (κ3) is 3.59. The van der Waals surface area contributed by atoms with Gasteiger partial charge in [0, 0.05) is 24.9 Å². The minimum Gasteiger partial charge on any atom is -0.402 e. The van der Waals surface area contributed by atoms with Crippen LogP contribution >= 0.6 is 0 Å². The Morgan fingerprint density at radius 3 is 2.29 bits per heavy atom. The lowest BCUT2D eigenvalue weighted by Crippen LogP contribution is -2.05. The van der Waals surface area contributed by atoms with Crippen molar-refractivity contribution in [3.05, 3.63) is 59.3 Å². The topological polar surface area (TPSA) is 38.4 Å². The van der Waals surface area contributed by atoms with Crippen molar-refractivity contribution in [2.45, 2.75) is 20.3 Å². The molecule has 2 heteroatoms. The summed E-state index contributed by atoms with van der Waals surface area (Å²) >= 11 is 0. The molecule has 0 atom stereocenters. The molecule has 0 aromatic heterocycles. The number of rotatable bonds is 4. The first kappa shape index (κ1) is 13.2. The summed E-state index contributed by atoms with van der Waals surface area (Å²) in [5, 5.41) is 0. The smallest absolute Gasteiger partial charge is 0.0460 e. The van der Waals surface area contributed by atoms with Crippen LogP contribution in [0.2, 0.25) is 0 Å². The fraction of sp³-hybridized carbons (Fsp3) is 0.267. The highest BCUT2D eigenvalue weighted by molar-refractivity contribution is 6.02. The van der Waals surface area contributed by atoms with Crippen molar-refractivity contribution in [1.82, 2.24) is 0 Å². The predicted octanol–water partition coefficient (Wildman–Crippen LogP) is 3.30. The molecule has 1 aromatic rings. The van der Waals surface area contributed by atoms with Crippen molar-refractivity contribution in [1.29, 1.82) is 0 Å². The Kier molecular flexibility index (Phi) is 4.70. The van der Waals surface area contributed by atoms with Gasteiger partial charge >= 0.3 is 0 Å². The monoisotopic (exact) mass is 228 g/mol. The Labute approximate surface area is 104 Å². The molecule has 0 saturated heterocycles. The summed E-state index contributed by atoms with van der Waals surface area (Å²) in [6.07, 6.45) is 0.737. The number of aliphatic imine (C=N–C) groups is 1. The molecule has 1 rings (SSSR count). The quantitative estimate of drug-likeness (QED) is 0.623. The second-order valence-electron chi connectivity index (χ2n) is 4.12. The van der Waals surface area contributed by atoms with Gasteiger partial charge in [-0.2, -0.15) is 0 Å². The van der Waals surface area contributed by atoms with Gasteiger partial charge in [0.25, 0.3) is 0 Å². The van der Waals surface area contributed by atoms with Crippen molar-refractivity contribution in [2.75, 3.05) is 7.05 Å². The molecule has 90 valence electrons. The van der Waals surface area contributed by atoms with E-state index in [0.717, 1.165) is 34.5 Å². The lowest BCUT2D eigenvalue weighted by molar-refractivity contribution is 1.15. The van der Waals surface area contributed by atoms with Crippen LogP contribution in [0.25, 0.3) is 0 Å². The Morgan fingerprint density at radius 1 is 1.24 bits per heavy atom. The highest BCUT2D eigenvalue weighted by Crippen LogP contribution is 2.17. The first-order valence-corrected chi connectivity index (χ1v) is 5.68. The van der Waals surface area contributed by atoms with E-state index in [1.165, 1.54) is 0 Å². The fourth-order valence-corrected chi connectivity index (χ4v) is 1.55. The summed E-state index contributed by atoms with van der Waals surface area (Å²) in [7, 11) is 1.81. The van der Waals surface area contributed by atoms with Gasteiger partial charge in [-0.25, -0.2) is 0 Å². The van der Waals surface area contributed by atoms with Crippen LogP contribution in [0.1, 0.15) is 25.8 Å². The normalized spacial score (nSPS) is 13.2. The first-order chi connectivity index (χ1) is 8.06. The molecule has 0 bridgehead atoms. The molecule has 0 aliphatic rings. The van der Waals surface area contributed by atoms with E-state index in [1.54, 1.807) is 0 Å². The number of allylic oxidation sites excluding steroid dienone is 3. The number of benzene rings is 1. The van der Waals surface area contributed by atoms with Gasteiger partial charge in [-0.05, 0) is 30.6 Å². The largest absolute Gasteiger partial charge is 0.402 e. The van der Waals surface area contributed by atoms with Crippen LogP contribution in [0.3, 0.4) is 0 Å². The van der Waals surface area contributed by atoms with Crippen molar-refractivity contribution in [3.63, 3.8) is 0 Å². The van der Waals surface area contributed by atoms with E-state index in [2.05, 4.69) is 23.7 Å². The van der Waals surface area contributed by atoms with Crippen LogP contribution in [0.15, 0.2) is 58.7 Å². The lowest BCUT2D eigenvalue weighted by atomic mass is 9.98. The summed E-state index contributed by atoms with van der Waals surface area (Å²) in [4.78, 5) is 4.33. The summed E-state index contributed by atoms with van der Waals surface area (Å²) in [5.41, 5.74) is 10.8. The molecular formula is C15H20N2. The second kappa shape index (κ2) is 6.04. The molecule has 0 radical (unpaired) electrons. The maximum absolute atomic E-state index is 5.77. The fourth-order valence-electron chi connectivity index (χ4n) is 1.55. The van der Waals surface area contributed by atoms with Gasteiger partial charge in [-0.3, -0.25) is 4.99 Å². The van der Waals surface area contributed by atoms with Crippen molar-refractivity contribution >= 4 is 5.71 Å². The van der Waals surface area contributed by atoms with E-state index in [-0.39, 0.29) is 0 Å². The van der Waals surface area contributed by atoms with Gasteiger partial charge in [0.15, 0.2) is 0 Å². The molecule has 0 aliphatic heterocycles. The molecule has 0 saturated carbocycles. The average molecular weight is 228 g/mol. The second-order valence-corrected chi connectivity index (χ2v) is 4.12. The van der Waals surface area contributed by atoms with Crippen molar-refractivity contribution in [2.24, 2.45) is 10.7 Å².